The minimum Gasteiger partial charge on any atom is -0.496 e. The van der Waals surface area contributed by atoms with E-state index in [2.05, 4.69) is 56.1 Å². The highest BCUT2D eigenvalue weighted by molar-refractivity contribution is 5.33. The summed E-state index contributed by atoms with van der Waals surface area (Å²) < 4.78 is 5.51. The maximum atomic E-state index is 5.51. The minimum atomic E-state index is 0.281. The topological polar surface area (TPSA) is 24.5 Å². The molecule has 21 heavy (non-hydrogen) atoms. The smallest absolute Gasteiger partial charge is 0.123 e. The van der Waals surface area contributed by atoms with Gasteiger partial charge in [-0.1, -0.05) is 39.0 Å². The van der Waals surface area contributed by atoms with Gasteiger partial charge in [0.15, 0.2) is 0 Å². The van der Waals surface area contributed by atoms with Gasteiger partial charge in [0.25, 0.3) is 0 Å². The summed E-state index contributed by atoms with van der Waals surface area (Å²) in [6.07, 6.45) is 1.20. The van der Waals surface area contributed by atoms with Gasteiger partial charge in [0.05, 0.1) is 7.11 Å². The maximum absolute atomic E-state index is 5.51. The minimum absolute atomic E-state index is 0.281. The van der Waals surface area contributed by atoms with Crippen molar-refractivity contribution < 1.29 is 4.74 Å². The van der Waals surface area contributed by atoms with Gasteiger partial charge in [-0.25, -0.2) is 0 Å². The summed E-state index contributed by atoms with van der Waals surface area (Å²) in [5, 5.41) is 3.72. The van der Waals surface area contributed by atoms with Gasteiger partial charge in [-0.05, 0) is 31.4 Å². The van der Waals surface area contributed by atoms with Crippen molar-refractivity contribution >= 4 is 0 Å². The molecule has 0 aromatic heterocycles. The monoisotopic (exact) mass is 290 g/mol. The second kappa shape index (κ2) is 6.80. The fourth-order valence-corrected chi connectivity index (χ4v) is 2.98. The lowest BCUT2D eigenvalue weighted by atomic mass is 9.86. The number of para-hydroxylation sites is 1. The van der Waals surface area contributed by atoms with Crippen molar-refractivity contribution in [1.29, 1.82) is 0 Å². The largest absolute Gasteiger partial charge is 0.496 e. The summed E-state index contributed by atoms with van der Waals surface area (Å²) in [5.74, 6) is 0.995. The van der Waals surface area contributed by atoms with Crippen LogP contribution >= 0.6 is 0 Å². The molecule has 1 aromatic rings. The summed E-state index contributed by atoms with van der Waals surface area (Å²) in [6, 6.07) is 9.48. The molecule has 0 bridgehead atoms. The van der Waals surface area contributed by atoms with Crippen LogP contribution in [0.5, 0.6) is 5.75 Å². The van der Waals surface area contributed by atoms with E-state index in [0.29, 0.717) is 12.1 Å². The average Bonchev–Trinajstić information content (AvgIpc) is 2.62. The van der Waals surface area contributed by atoms with Crippen LogP contribution in [0.4, 0.5) is 0 Å². The molecule has 0 amide bonds. The van der Waals surface area contributed by atoms with E-state index in [9.17, 15) is 0 Å². The molecule has 0 saturated carbocycles. The van der Waals surface area contributed by atoms with Crippen molar-refractivity contribution in [2.45, 2.75) is 52.7 Å². The third-order valence-electron chi connectivity index (χ3n) is 4.60. The second-order valence-corrected chi connectivity index (χ2v) is 7.25. The highest BCUT2D eigenvalue weighted by Gasteiger charge is 2.30. The molecular formula is C18H30N2O. The zero-order valence-electron chi connectivity index (χ0n) is 14.1. The summed E-state index contributed by atoms with van der Waals surface area (Å²) in [4.78, 5) is 2.59. The number of hydrogen-bond acceptors (Lipinski definition) is 3. The van der Waals surface area contributed by atoms with Crippen LogP contribution in [-0.4, -0.2) is 37.2 Å². The van der Waals surface area contributed by atoms with Crippen LogP contribution in [0.1, 0.15) is 39.7 Å². The number of nitrogens with one attached hydrogen (secondary N) is 1. The van der Waals surface area contributed by atoms with Crippen LogP contribution in [0.2, 0.25) is 0 Å². The summed E-state index contributed by atoms with van der Waals surface area (Å²) in [7, 11) is 1.75. The lowest BCUT2D eigenvalue weighted by molar-refractivity contribution is 0.156. The summed E-state index contributed by atoms with van der Waals surface area (Å²) in [6.45, 7) is 12.4. The van der Waals surface area contributed by atoms with E-state index in [4.69, 9.17) is 4.74 Å². The highest BCUT2D eigenvalue weighted by atomic mass is 16.5. The van der Waals surface area contributed by atoms with Crippen molar-refractivity contribution in [2.75, 3.05) is 20.2 Å². The van der Waals surface area contributed by atoms with Crippen molar-refractivity contribution in [3.63, 3.8) is 0 Å². The number of nitrogens with zero attached hydrogens (tertiary/aromatic N) is 1. The third-order valence-corrected chi connectivity index (χ3v) is 4.60. The van der Waals surface area contributed by atoms with E-state index >= 15 is 0 Å². The molecule has 2 rings (SSSR count). The molecule has 1 fully saturated rings. The molecule has 0 spiro atoms. The Balaban J connectivity index is 2.15. The van der Waals surface area contributed by atoms with Gasteiger partial charge >= 0.3 is 0 Å². The van der Waals surface area contributed by atoms with Crippen LogP contribution in [0.25, 0.3) is 0 Å². The molecule has 1 saturated heterocycles. The lowest BCUT2D eigenvalue weighted by Crippen LogP contribution is -2.47. The van der Waals surface area contributed by atoms with Crippen LogP contribution < -0.4 is 10.1 Å². The Morgan fingerprint density at radius 2 is 2.00 bits per heavy atom. The van der Waals surface area contributed by atoms with Crippen molar-refractivity contribution in [3.05, 3.63) is 29.8 Å². The van der Waals surface area contributed by atoms with E-state index in [0.717, 1.165) is 25.4 Å². The first-order chi connectivity index (χ1) is 9.91. The maximum Gasteiger partial charge on any atom is 0.123 e. The quantitative estimate of drug-likeness (QED) is 0.924. The fourth-order valence-electron chi connectivity index (χ4n) is 2.98. The molecule has 1 aliphatic rings. The van der Waals surface area contributed by atoms with Crippen LogP contribution in [0.3, 0.4) is 0 Å². The highest BCUT2D eigenvalue weighted by Crippen LogP contribution is 2.26. The lowest BCUT2D eigenvalue weighted by Gasteiger charge is -2.35. The molecule has 1 N–H and O–H groups in total. The average molecular weight is 290 g/mol. The van der Waals surface area contributed by atoms with E-state index < -0.39 is 0 Å². The first-order valence-corrected chi connectivity index (χ1v) is 8.01. The van der Waals surface area contributed by atoms with Gasteiger partial charge in [-0.3, -0.25) is 4.90 Å². The van der Waals surface area contributed by atoms with Crippen LogP contribution in [0.15, 0.2) is 24.3 Å². The summed E-state index contributed by atoms with van der Waals surface area (Å²) >= 11 is 0. The van der Waals surface area contributed by atoms with Gasteiger partial charge in [-0.15, -0.1) is 0 Å². The SMILES string of the molecule is COc1ccccc1CN1CC(C(C)(C)C)NCCC1C. The third kappa shape index (κ3) is 4.21. The van der Waals surface area contributed by atoms with Gasteiger partial charge in [0.2, 0.25) is 0 Å². The van der Waals surface area contributed by atoms with Crippen molar-refractivity contribution in [2.24, 2.45) is 5.41 Å². The molecule has 0 aliphatic carbocycles. The molecule has 3 heteroatoms. The molecule has 0 radical (unpaired) electrons. The van der Waals surface area contributed by atoms with Gasteiger partial charge in [0.1, 0.15) is 5.75 Å². The normalized spacial score (nSPS) is 24.6. The van der Waals surface area contributed by atoms with E-state index in [1.165, 1.54) is 12.0 Å². The van der Waals surface area contributed by atoms with Gasteiger partial charge in [0, 0.05) is 30.7 Å². The number of hydrogen-bond donors (Lipinski definition) is 1. The Labute approximate surface area is 129 Å². The Morgan fingerprint density at radius 3 is 2.67 bits per heavy atom. The second-order valence-electron chi connectivity index (χ2n) is 7.25. The van der Waals surface area contributed by atoms with Gasteiger partial charge < -0.3 is 10.1 Å². The first-order valence-electron chi connectivity index (χ1n) is 8.01. The molecular weight excluding hydrogens is 260 g/mol. The molecule has 2 unspecified atom stereocenters. The molecule has 1 aromatic carbocycles. The molecule has 2 atom stereocenters. The molecule has 1 aliphatic heterocycles. The van der Waals surface area contributed by atoms with Crippen LogP contribution in [-0.2, 0) is 6.54 Å². The Bertz CT molecular complexity index is 453. The molecule has 118 valence electrons. The Hall–Kier alpha value is -1.06. The zero-order chi connectivity index (χ0) is 15.5. The Morgan fingerprint density at radius 1 is 1.29 bits per heavy atom. The first kappa shape index (κ1) is 16.3. The van der Waals surface area contributed by atoms with E-state index in [1.807, 2.05) is 6.07 Å². The number of rotatable bonds is 3. The fraction of sp³-hybridized carbons (Fsp3) is 0.667. The van der Waals surface area contributed by atoms with Crippen LogP contribution in [0, 0.1) is 5.41 Å². The van der Waals surface area contributed by atoms with E-state index in [1.54, 1.807) is 7.11 Å². The van der Waals surface area contributed by atoms with Crippen molar-refractivity contribution in [1.82, 2.24) is 10.2 Å². The number of ether oxygens (including phenoxy) is 1. The zero-order valence-corrected chi connectivity index (χ0v) is 14.1. The molecule has 1 heterocycles. The predicted octanol–water partition coefficient (Wildman–Crippen LogP) is 3.29. The van der Waals surface area contributed by atoms with Crippen molar-refractivity contribution in [3.8, 4) is 5.75 Å². The van der Waals surface area contributed by atoms with Gasteiger partial charge in [-0.2, -0.15) is 0 Å². The number of benzene rings is 1. The predicted molar refractivity (Wildman–Crippen MR) is 88.7 cm³/mol. The summed E-state index contributed by atoms with van der Waals surface area (Å²) in [5.41, 5.74) is 1.56. The molecule has 3 nitrogen and oxygen atoms in total. The number of methoxy groups -OCH3 is 1. The standard InChI is InChI=1S/C18H30N2O/c1-14-10-11-19-17(18(2,3)4)13-20(14)12-15-8-6-7-9-16(15)21-5/h6-9,14,17,19H,10-13H2,1-5H3. The van der Waals surface area contributed by atoms with E-state index in [-0.39, 0.29) is 5.41 Å². The Kier molecular flexibility index (Phi) is 5.28.